The number of β-lactam (4-membered cyclic amide) rings is 1. The SMILES string of the molecule is CN=C(C(=O)NC1C(=O)N2C(C(=O)O)=C(C[n+]3cccc4c3ncn4CC(N)CO)CSC12)c1nsc(N)n1. The number of carbonyl (C=O) groups is 3. The van der Waals surface area contributed by atoms with Crippen LogP contribution in [0.3, 0.4) is 0 Å². The Bertz CT molecular complexity index is 1530. The van der Waals surface area contributed by atoms with Gasteiger partial charge in [0, 0.05) is 42.5 Å². The van der Waals surface area contributed by atoms with Gasteiger partial charge in [0.2, 0.25) is 6.33 Å². The molecule has 0 aliphatic carbocycles. The molecule has 0 spiro atoms. The molecule has 1 saturated heterocycles. The first-order chi connectivity index (χ1) is 18.7. The molecule has 204 valence electrons. The van der Waals surface area contributed by atoms with Crippen LogP contribution in [0.1, 0.15) is 5.82 Å². The summed E-state index contributed by atoms with van der Waals surface area (Å²) in [7, 11) is 1.40. The minimum Gasteiger partial charge on any atom is -0.477 e. The van der Waals surface area contributed by atoms with Crippen LogP contribution in [0.25, 0.3) is 11.2 Å². The Labute approximate surface area is 229 Å². The summed E-state index contributed by atoms with van der Waals surface area (Å²) in [5.74, 6) is -2.06. The number of nitrogen functional groups attached to an aromatic ring is 1. The van der Waals surface area contributed by atoms with Gasteiger partial charge < -0.3 is 31.6 Å². The van der Waals surface area contributed by atoms with Crippen LogP contribution in [0.5, 0.6) is 0 Å². The molecular formula is C22H25N10O5S2+. The van der Waals surface area contributed by atoms with Crippen molar-refractivity contribution in [3.8, 4) is 0 Å². The number of anilines is 1. The smallest absolute Gasteiger partial charge is 0.352 e. The van der Waals surface area contributed by atoms with E-state index in [4.69, 9.17) is 11.5 Å². The molecule has 5 rings (SSSR count). The van der Waals surface area contributed by atoms with Crippen LogP contribution in [0.2, 0.25) is 0 Å². The van der Waals surface area contributed by atoms with Crippen LogP contribution in [-0.4, -0.2) is 94.4 Å². The lowest BCUT2D eigenvalue weighted by molar-refractivity contribution is -0.664. The zero-order chi connectivity index (χ0) is 27.8. The second-order valence-corrected chi connectivity index (χ2v) is 10.7. The van der Waals surface area contributed by atoms with E-state index < -0.39 is 35.2 Å². The number of imidazole rings is 1. The molecule has 0 aromatic carbocycles. The van der Waals surface area contributed by atoms with Gasteiger partial charge in [0.25, 0.3) is 11.8 Å². The molecule has 39 heavy (non-hydrogen) atoms. The highest BCUT2D eigenvalue weighted by Crippen LogP contribution is 2.40. The number of aromatic nitrogens is 5. The van der Waals surface area contributed by atoms with E-state index in [2.05, 4.69) is 24.7 Å². The number of nitrogens with zero attached hydrogens (tertiary/aromatic N) is 7. The first-order valence-electron chi connectivity index (χ1n) is 11.7. The Hall–Kier alpha value is -3.93. The predicted octanol–water partition coefficient (Wildman–Crippen LogP) is -2.07. The van der Waals surface area contributed by atoms with Crippen LogP contribution in [0.15, 0.2) is 40.9 Å². The van der Waals surface area contributed by atoms with Crippen molar-refractivity contribution >= 4 is 63.1 Å². The Morgan fingerprint density at radius 2 is 2.21 bits per heavy atom. The zero-order valence-electron chi connectivity index (χ0n) is 20.6. The number of aliphatic carboxylic acids is 1. The van der Waals surface area contributed by atoms with Crippen molar-refractivity contribution in [2.24, 2.45) is 10.7 Å². The van der Waals surface area contributed by atoms with Crippen molar-refractivity contribution in [3.63, 3.8) is 0 Å². The Morgan fingerprint density at radius 1 is 1.41 bits per heavy atom. The van der Waals surface area contributed by atoms with E-state index in [1.807, 2.05) is 16.7 Å². The van der Waals surface area contributed by atoms with E-state index in [1.54, 1.807) is 17.1 Å². The molecule has 2 aliphatic heterocycles. The number of thioether (sulfide) groups is 1. The van der Waals surface area contributed by atoms with Gasteiger partial charge in [0.1, 0.15) is 29.2 Å². The number of aliphatic hydroxyl groups is 1. The van der Waals surface area contributed by atoms with Gasteiger partial charge in [-0.3, -0.25) is 19.5 Å². The average molecular weight is 574 g/mol. The van der Waals surface area contributed by atoms with E-state index >= 15 is 0 Å². The van der Waals surface area contributed by atoms with Gasteiger partial charge in [-0.25, -0.2) is 9.36 Å². The van der Waals surface area contributed by atoms with Gasteiger partial charge in [-0.2, -0.15) is 9.36 Å². The van der Waals surface area contributed by atoms with E-state index in [9.17, 15) is 24.6 Å². The number of carbonyl (C=O) groups excluding carboxylic acids is 2. The lowest BCUT2D eigenvalue weighted by atomic mass is 10.0. The van der Waals surface area contributed by atoms with Crippen molar-refractivity contribution in [1.29, 1.82) is 0 Å². The number of rotatable bonds is 9. The number of carboxylic acid groups (broad SMARTS) is 1. The van der Waals surface area contributed by atoms with E-state index in [0.29, 0.717) is 23.5 Å². The number of amides is 2. The zero-order valence-corrected chi connectivity index (χ0v) is 22.2. The highest BCUT2D eigenvalue weighted by Gasteiger charge is 2.54. The predicted molar refractivity (Wildman–Crippen MR) is 141 cm³/mol. The van der Waals surface area contributed by atoms with Gasteiger partial charge >= 0.3 is 11.6 Å². The Balaban J connectivity index is 1.37. The fraction of sp³-hybridized carbons (Fsp3) is 0.364. The molecule has 7 N–H and O–H groups in total. The summed E-state index contributed by atoms with van der Waals surface area (Å²) in [5.41, 5.74) is 13.2. The van der Waals surface area contributed by atoms with Crippen LogP contribution < -0.4 is 21.4 Å². The van der Waals surface area contributed by atoms with Crippen molar-refractivity contribution in [1.82, 2.24) is 29.1 Å². The number of carboxylic acids is 1. The molecule has 5 heterocycles. The molecule has 2 aliphatic rings. The molecule has 3 unspecified atom stereocenters. The fourth-order valence-electron chi connectivity index (χ4n) is 4.52. The molecule has 3 atom stereocenters. The van der Waals surface area contributed by atoms with Crippen molar-refractivity contribution in [2.75, 3.05) is 25.1 Å². The van der Waals surface area contributed by atoms with Crippen LogP contribution >= 0.6 is 23.3 Å². The second kappa shape index (κ2) is 10.7. The molecule has 0 bridgehead atoms. The van der Waals surface area contributed by atoms with Crippen LogP contribution in [0.4, 0.5) is 5.13 Å². The van der Waals surface area contributed by atoms with E-state index in [1.165, 1.54) is 23.7 Å². The minimum absolute atomic E-state index is 0.0535. The maximum Gasteiger partial charge on any atom is 0.352 e. The molecule has 3 aromatic rings. The third-order valence-corrected chi connectivity index (χ3v) is 8.19. The summed E-state index contributed by atoms with van der Waals surface area (Å²) in [6.07, 6.45) is 3.39. The summed E-state index contributed by atoms with van der Waals surface area (Å²) in [5, 5.41) is 21.6. The number of fused-ring (bicyclic) bond motifs is 2. The first kappa shape index (κ1) is 26.7. The number of aliphatic imine (C=N–C) groups is 1. The summed E-state index contributed by atoms with van der Waals surface area (Å²) in [6, 6.07) is 2.28. The number of nitrogens with one attached hydrogen (secondary N) is 1. The highest BCUT2D eigenvalue weighted by molar-refractivity contribution is 8.00. The normalized spacial score (nSPS) is 20.1. The van der Waals surface area contributed by atoms with Gasteiger partial charge in [-0.05, 0) is 17.1 Å². The highest BCUT2D eigenvalue weighted by atomic mass is 32.2. The molecule has 0 radical (unpaired) electrons. The molecule has 17 heteroatoms. The molecule has 3 aromatic heterocycles. The number of pyridine rings is 1. The first-order valence-corrected chi connectivity index (χ1v) is 13.5. The van der Waals surface area contributed by atoms with Crippen LogP contribution in [-0.2, 0) is 27.5 Å². The largest absolute Gasteiger partial charge is 0.477 e. The quantitative estimate of drug-likeness (QED) is 0.106. The molecular weight excluding hydrogens is 548 g/mol. The van der Waals surface area contributed by atoms with Gasteiger partial charge in [0.15, 0.2) is 16.7 Å². The topological polar surface area (TPSA) is 219 Å². The number of hydrogen-bond acceptors (Lipinski definition) is 12. The van der Waals surface area contributed by atoms with E-state index in [0.717, 1.165) is 17.0 Å². The lowest BCUT2D eigenvalue weighted by Gasteiger charge is -2.49. The Morgan fingerprint density at radius 3 is 2.87 bits per heavy atom. The number of hydrogen-bond donors (Lipinski definition) is 5. The maximum atomic E-state index is 13.1. The van der Waals surface area contributed by atoms with Gasteiger partial charge in [-0.15, -0.1) is 11.8 Å². The van der Waals surface area contributed by atoms with E-state index in [-0.39, 0.29) is 35.5 Å². The monoisotopic (exact) mass is 573 g/mol. The number of aliphatic hydroxyl groups excluding tert-OH is 1. The third-order valence-electron chi connectivity index (χ3n) is 6.31. The van der Waals surface area contributed by atoms with Crippen molar-refractivity contribution in [2.45, 2.75) is 30.5 Å². The maximum absolute atomic E-state index is 13.1. The van der Waals surface area contributed by atoms with Gasteiger partial charge in [0.05, 0.1) is 12.8 Å². The summed E-state index contributed by atoms with van der Waals surface area (Å²) in [4.78, 5) is 51.8. The molecule has 2 amide bonds. The standard InChI is InChI=1S/C22H24N10O5S2/c1-25-13(16-28-22(24)39-29-16)18(34)27-14-19(35)32-15(21(36)37)10(8-38-20(14)32)5-30-4-2-3-12-17(30)26-9-31(12)6-11(23)7-33/h2-4,9,11,14,20,33H,5-8,23H2,1H3,(H3-,24,27,28,29,34,36,37)/p+1. The van der Waals surface area contributed by atoms with Crippen molar-refractivity contribution < 1.29 is 29.2 Å². The lowest BCUT2D eigenvalue weighted by Crippen LogP contribution is -2.71. The van der Waals surface area contributed by atoms with Crippen molar-refractivity contribution in [3.05, 3.63) is 41.8 Å². The molecule has 15 nitrogen and oxygen atoms in total. The van der Waals surface area contributed by atoms with Gasteiger partial charge in [-0.1, -0.05) is 0 Å². The third kappa shape index (κ3) is 4.84. The minimum atomic E-state index is -1.24. The summed E-state index contributed by atoms with van der Waals surface area (Å²) >= 11 is 2.27. The fourth-order valence-corrected chi connectivity index (χ4v) is 6.29. The summed E-state index contributed by atoms with van der Waals surface area (Å²) in [6.45, 7) is 0.378. The Kier molecular flexibility index (Phi) is 7.30. The second-order valence-electron chi connectivity index (χ2n) is 8.83. The number of nitrogens with two attached hydrogens (primary N) is 2. The molecule has 1 fully saturated rings. The molecule has 0 saturated carbocycles. The average Bonchev–Trinajstić information content (AvgIpc) is 3.53. The summed E-state index contributed by atoms with van der Waals surface area (Å²) < 4.78 is 7.61. The van der Waals surface area contributed by atoms with Crippen LogP contribution in [0, 0.1) is 0 Å².